The smallest absolute Gasteiger partial charge is 0.313 e. The van der Waals surface area contributed by atoms with Crippen molar-refractivity contribution in [2.75, 3.05) is 11.9 Å². The highest BCUT2D eigenvalue weighted by molar-refractivity contribution is 6.32. The molecular weight excluding hydrogens is 495 g/mol. The lowest BCUT2D eigenvalue weighted by Gasteiger charge is -2.13. The van der Waals surface area contributed by atoms with Crippen LogP contribution >= 0.6 is 11.6 Å². The Kier molecular flexibility index (Phi) is 6.00. The van der Waals surface area contributed by atoms with Gasteiger partial charge in [0, 0.05) is 11.6 Å². The number of carbonyl (C=O) groups is 3. The molecule has 2 aromatic carbocycles. The Bertz CT molecular complexity index is 1330. The summed E-state index contributed by atoms with van der Waals surface area (Å²) in [6.45, 7) is -0.668. The Morgan fingerprint density at radius 3 is 2.53 bits per heavy atom. The maximum absolute atomic E-state index is 13.7. The van der Waals surface area contributed by atoms with E-state index in [0.29, 0.717) is 0 Å². The molecule has 1 heterocycles. The summed E-state index contributed by atoms with van der Waals surface area (Å²) in [6, 6.07) is 7.88. The van der Waals surface area contributed by atoms with Crippen molar-refractivity contribution in [3.05, 3.63) is 75.1 Å². The fourth-order valence-electron chi connectivity index (χ4n) is 4.96. The molecule has 2 aromatic rings. The lowest BCUT2D eigenvalue weighted by Crippen LogP contribution is -2.28. The number of fused-ring (bicyclic) bond motifs is 5. The minimum absolute atomic E-state index is 0.0270. The van der Waals surface area contributed by atoms with Gasteiger partial charge in [0.1, 0.15) is 5.82 Å². The van der Waals surface area contributed by atoms with Crippen LogP contribution < -0.4 is 10.1 Å². The fraction of sp³-hybridized carbons (Fsp3) is 0.250. The minimum atomic E-state index is -0.757. The topological polar surface area (TPSA) is 131 Å². The number of carbonyl (C=O) groups excluding carboxylic acids is 3. The Morgan fingerprint density at radius 2 is 1.89 bits per heavy atom. The number of ether oxygens (including phenoxy) is 1. The highest BCUT2D eigenvalue weighted by atomic mass is 35.5. The van der Waals surface area contributed by atoms with Gasteiger partial charge in [-0.05, 0) is 36.5 Å². The van der Waals surface area contributed by atoms with E-state index in [2.05, 4.69) is 10.4 Å². The second-order valence-corrected chi connectivity index (χ2v) is 9.06. The molecule has 2 bridgehead atoms. The average molecular weight is 513 g/mol. The second-order valence-electron chi connectivity index (χ2n) is 8.66. The van der Waals surface area contributed by atoms with Gasteiger partial charge in [-0.1, -0.05) is 35.9 Å². The van der Waals surface area contributed by atoms with Crippen molar-refractivity contribution < 1.29 is 28.4 Å². The average Bonchev–Trinajstić information content (AvgIpc) is 3.52. The van der Waals surface area contributed by atoms with Crippen LogP contribution in [-0.2, 0) is 14.4 Å². The van der Waals surface area contributed by atoms with Crippen LogP contribution in [0.15, 0.2) is 53.7 Å². The zero-order valence-corrected chi connectivity index (χ0v) is 19.2. The molecule has 2 aliphatic carbocycles. The first-order chi connectivity index (χ1) is 17.2. The molecule has 36 heavy (non-hydrogen) atoms. The first-order valence-corrected chi connectivity index (χ1v) is 11.4. The van der Waals surface area contributed by atoms with Crippen LogP contribution in [-0.4, -0.2) is 40.5 Å². The van der Waals surface area contributed by atoms with Gasteiger partial charge in [-0.2, -0.15) is 10.1 Å². The van der Waals surface area contributed by atoms with Crippen molar-refractivity contribution in [1.82, 2.24) is 5.01 Å². The SMILES string of the molecule is O=C(COc1c(Cl)cc(C=NN2C(=O)[C@@H]3[C@H](C2=O)[C@H]2C=C[C@H]3C2)cc1[N+](=O)[O-])Nc1ccccc1F. The number of hydrogen-bond donors (Lipinski definition) is 1. The van der Waals surface area contributed by atoms with E-state index in [1.165, 1.54) is 24.3 Å². The van der Waals surface area contributed by atoms with Gasteiger partial charge in [0.25, 0.3) is 17.7 Å². The van der Waals surface area contributed by atoms with E-state index in [1.807, 2.05) is 12.2 Å². The monoisotopic (exact) mass is 512 g/mol. The molecule has 0 spiro atoms. The lowest BCUT2D eigenvalue weighted by molar-refractivity contribution is -0.385. The number of halogens is 2. The van der Waals surface area contributed by atoms with Crippen LogP contribution in [0.4, 0.5) is 15.8 Å². The summed E-state index contributed by atoms with van der Waals surface area (Å²) < 4.78 is 19.0. The molecular formula is C24H18ClFN4O6. The number of hydrogen-bond acceptors (Lipinski definition) is 7. The minimum Gasteiger partial charge on any atom is -0.476 e. The maximum Gasteiger partial charge on any atom is 0.313 e. The summed E-state index contributed by atoms with van der Waals surface area (Å²) in [6.07, 6.45) is 5.84. The molecule has 3 aliphatic rings. The predicted molar refractivity (Wildman–Crippen MR) is 126 cm³/mol. The van der Waals surface area contributed by atoms with Crippen molar-refractivity contribution in [3.63, 3.8) is 0 Å². The van der Waals surface area contributed by atoms with Crippen LogP contribution in [0.25, 0.3) is 0 Å². The Labute approximate surface area is 208 Å². The third kappa shape index (κ3) is 4.11. The molecule has 2 fully saturated rings. The van der Waals surface area contributed by atoms with Gasteiger partial charge in [-0.15, -0.1) is 0 Å². The van der Waals surface area contributed by atoms with Crippen molar-refractivity contribution in [2.45, 2.75) is 6.42 Å². The van der Waals surface area contributed by atoms with Gasteiger partial charge in [0.2, 0.25) is 5.75 Å². The number of rotatable bonds is 7. The molecule has 5 rings (SSSR count). The molecule has 3 amide bonds. The molecule has 0 aromatic heterocycles. The molecule has 0 radical (unpaired) electrons. The number of allylic oxidation sites excluding steroid dienone is 2. The molecule has 1 N–H and O–H groups in total. The summed E-state index contributed by atoms with van der Waals surface area (Å²) in [5.74, 6) is -3.34. The number of nitrogens with zero attached hydrogens (tertiary/aromatic N) is 3. The third-order valence-electron chi connectivity index (χ3n) is 6.51. The first kappa shape index (κ1) is 23.6. The molecule has 1 saturated carbocycles. The summed E-state index contributed by atoms with van der Waals surface area (Å²) in [4.78, 5) is 48.5. The molecule has 0 unspecified atom stereocenters. The van der Waals surface area contributed by atoms with Crippen molar-refractivity contribution in [1.29, 1.82) is 0 Å². The number of benzene rings is 2. The molecule has 12 heteroatoms. The van der Waals surface area contributed by atoms with E-state index in [4.69, 9.17) is 16.3 Å². The Balaban J connectivity index is 1.31. The second kappa shape index (κ2) is 9.15. The van der Waals surface area contributed by atoms with E-state index in [1.54, 1.807) is 0 Å². The summed E-state index contributed by atoms with van der Waals surface area (Å²) in [5, 5.41) is 18.6. The molecule has 1 saturated heterocycles. The number of imide groups is 1. The van der Waals surface area contributed by atoms with Gasteiger partial charge in [0.15, 0.2) is 6.61 Å². The number of anilines is 1. The molecule has 4 atom stereocenters. The number of nitrogens with one attached hydrogen (secondary N) is 1. The van der Waals surface area contributed by atoms with Crippen LogP contribution in [0.3, 0.4) is 0 Å². The van der Waals surface area contributed by atoms with E-state index >= 15 is 0 Å². The van der Waals surface area contributed by atoms with E-state index in [9.17, 15) is 28.9 Å². The van der Waals surface area contributed by atoms with E-state index < -0.39 is 40.8 Å². The lowest BCUT2D eigenvalue weighted by atomic mass is 9.85. The summed E-state index contributed by atoms with van der Waals surface area (Å²) >= 11 is 6.19. The third-order valence-corrected chi connectivity index (χ3v) is 6.79. The number of hydrazone groups is 1. The van der Waals surface area contributed by atoms with E-state index in [-0.39, 0.29) is 45.7 Å². The van der Waals surface area contributed by atoms with E-state index in [0.717, 1.165) is 29.8 Å². The standard InChI is InChI=1S/C24H18ClFN4O6/c25-15-7-12(10-27-29-23(32)20-13-5-6-14(9-13)21(20)24(29)33)8-18(30(34)35)22(15)36-11-19(31)28-17-4-2-1-3-16(17)26/h1-8,10,13-14,20-21H,9,11H2,(H,28,31)/t13-,14-,20-,21+/m0/s1. The first-order valence-electron chi connectivity index (χ1n) is 11.0. The Morgan fingerprint density at radius 1 is 1.22 bits per heavy atom. The number of nitro groups is 1. The normalized spacial score (nSPS) is 24.0. The van der Waals surface area contributed by atoms with Crippen LogP contribution in [0, 0.1) is 39.6 Å². The van der Waals surface area contributed by atoms with Gasteiger partial charge in [0.05, 0.1) is 33.7 Å². The molecule has 1 aliphatic heterocycles. The van der Waals surface area contributed by atoms with Gasteiger partial charge >= 0.3 is 5.69 Å². The highest BCUT2D eigenvalue weighted by Crippen LogP contribution is 2.52. The number of amides is 3. The maximum atomic E-state index is 13.7. The zero-order chi connectivity index (χ0) is 25.6. The fourth-order valence-corrected chi connectivity index (χ4v) is 5.24. The highest BCUT2D eigenvalue weighted by Gasteiger charge is 2.59. The van der Waals surface area contributed by atoms with Gasteiger partial charge in [-0.25, -0.2) is 4.39 Å². The predicted octanol–water partition coefficient (Wildman–Crippen LogP) is 3.55. The zero-order valence-electron chi connectivity index (χ0n) is 18.5. The number of para-hydroxylation sites is 1. The van der Waals surface area contributed by atoms with Crippen LogP contribution in [0.2, 0.25) is 5.02 Å². The van der Waals surface area contributed by atoms with Crippen LogP contribution in [0.5, 0.6) is 5.75 Å². The molecule has 10 nitrogen and oxygen atoms in total. The van der Waals surface area contributed by atoms with Crippen molar-refractivity contribution in [2.24, 2.45) is 28.8 Å². The van der Waals surface area contributed by atoms with Crippen molar-refractivity contribution in [3.8, 4) is 5.75 Å². The van der Waals surface area contributed by atoms with Gasteiger partial charge < -0.3 is 10.1 Å². The summed E-state index contributed by atoms with van der Waals surface area (Å²) in [5.41, 5.74) is -0.480. The quantitative estimate of drug-likeness (QED) is 0.198. The molecule has 184 valence electrons. The summed E-state index contributed by atoms with van der Waals surface area (Å²) in [7, 11) is 0. The van der Waals surface area contributed by atoms with Gasteiger partial charge in [-0.3, -0.25) is 24.5 Å². The Hall–Kier alpha value is -4.12. The van der Waals surface area contributed by atoms with Crippen LogP contribution in [0.1, 0.15) is 12.0 Å². The largest absolute Gasteiger partial charge is 0.476 e. The van der Waals surface area contributed by atoms with Crippen molar-refractivity contribution >= 4 is 46.9 Å². The number of nitro benzene ring substituents is 1.